The largest absolute Gasteiger partial charge is 0.329 e. The van der Waals surface area contributed by atoms with E-state index >= 15 is 0 Å². The number of fused-ring (bicyclic) bond motifs is 1. The quantitative estimate of drug-likeness (QED) is 0.850. The van der Waals surface area contributed by atoms with E-state index in [2.05, 4.69) is 35.7 Å². The molecule has 22 heavy (non-hydrogen) atoms. The van der Waals surface area contributed by atoms with Crippen LogP contribution in [0.2, 0.25) is 0 Å². The van der Waals surface area contributed by atoms with Gasteiger partial charge >= 0.3 is 5.69 Å². The van der Waals surface area contributed by atoms with Crippen LogP contribution in [0.4, 0.5) is 0 Å². The monoisotopic (exact) mass is 322 g/mol. The molecule has 0 amide bonds. The molecule has 0 unspecified atom stereocenters. The first-order chi connectivity index (χ1) is 10.1. The van der Waals surface area contributed by atoms with Crippen molar-refractivity contribution in [2.45, 2.75) is 47.6 Å². The molecule has 2 heterocycles. The van der Waals surface area contributed by atoms with E-state index < -0.39 is 11.2 Å². The minimum absolute atomic E-state index is 0.0172. The van der Waals surface area contributed by atoms with Gasteiger partial charge < -0.3 is 4.98 Å². The lowest BCUT2D eigenvalue weighted by Gasteiger charge is -2.18. The Morgan fingerprint density at radius 2 is 1.86 bits per heavy atom. The van der Waals surface area contributed by atoms with Crippen LogP contribution in [0.25, 0.3) is 11.0 Å². The minimum Gasteiger partial charge on any atom is -0.329 e. The number of hydrogen-bond acceptors (Lipinski definition) is 4. The van der Waals surface area contributed by atoms with Crippen LogP contribution in [0.1, 0.15) is 40.4 Å². The fourth-order valence-electron chi connectivity index (χ4n) is 2.37. The van der Waals surface area contributed by atoms with E-state index in [9.17, 15) is 9.59 Å². The fourth-order valence-corrected chi connectivity index (χ4v) is 2.67. The predicted molar refractivity (Wildman–Crippen MR) is 89.8 cm³/mol. The molecular formula is C15H22N4O2S. The average molecular weight is 322 g/mol. The highest BCUT2D eigenvalue weighted by Crippen LogP contribution is 2.19. The zero-order chi connectivity index (χ0) is 16.7. The number of aromatic amines is 2. The molecule has 2 aromatic rings. The van der Waals surface area contributed by atoms with Crippen LogP contribution in [-0.4, -0.2) is 19.5 Å². The Kier molecular flexibility index (Phi) is 4.37. The molecule has 2 rings (SSSR count). The SMILES string of the molecule is CC(C)Cn1c(=O)[nH]c(=O)c2c(=S)nc(CC(C)(C)C)[nH]c21. The number of aromatic nitrogens is 4. The summed E-state index contributed by atoms with van der Waals surface area (Å²) in [5.74, 6) is 0.945. The Hall–Kier alpha value is -1.76. The molecule has 6 nitrogen and oxygen atoms in total. The summed E-state index contributed by atoms with van der Waals surface area (Å²) in [4.78, 5) is 34.0. The smallest absolute Gasteiger partial charge is 0.329 e. The summed E-state index contributed by atoms with van der Waals surface area (Å²) in [6.45, 7) is 10.8. The van der Waals surface area contributed by atoms with Crippen LogP contribution in [0.5, 0.6) is 0 Å². The van der Waals surface area contributed by atoms with Gasteiger partial charge in [-0.25, -0.2) is 9.78 Å². The zero-order valence-corrected chi connectivity index (χ0v) is 14.4. The molecule has 0 fully saturated rings. The lowest BCUT2D eigenvalue weighted by atomic mass is 9.92. The molecule has 0 aliphatic rings. The van der Waals surface area contributed by atoms with Crippen molar-refractivity contribution in [1.82, 2.24) is 19.5 Å². The van der Waals surface area contributed by atoms with Gasteiger partial charge in [-0.1, -0.05) is 46.8 Å². The minimum atomic E-state index is -0.490. The second-order valence-electron chi connectivity index (χ2n) is 7.21. The maximum atomic E-state index is 12.1. The fraction of sp³-hybridized carbons (Fsp3) is 0.600. The van der Waals surface area contributed by atoms with Gasteiger partial charge in [0.15, 0.2) is 0 Å². The molecule has 0 bridgehead atoms. The van der Waals surface area contributed by atoms with Crippen LogP contribution in [0.15, 0.2) is 9.59 Å². The summed E-state index contributed by atoms with van der Waals surface area (Å²) in [7, 11) is 0. The summed E-state index contributed by atoms with van der Waals surface area (Å²) in [6, 6.07) is 0. The van der Waals surface area contributed by atoms with E-state index in [4.69, 9.17) is 12.2 Å². The first-order valence-corrected chi connectivity index (χ1v) is 7.75. The second-order valence-corrected chi connectivity index (χ2v) is 7.60. The Morgan fingerprint density at radius 1 is 1.23 bits per heavy atom. The number of nitrogens with one attached hydrogen (secondary N) is 2. The molecule has 120 valence electrons. The van der Waals surface area contributed by atoms with Crippen LogP contribution >= 0.6 is 12.2 Å². The highest BCUT2D eigenvalue weighted by Gasteiger charge is 2.17. The van der Waals surface area contributed by atoms with E-state index in [1.54, 1.807) is 0 Å². The van der Waals surface area contributed by atoms with E-state index in [-0.39, 0.29) is 21.4 Å². The number of rotatable bonds is 3. The van der Waals surface area contributed by atoms with Crippen molar-refractivity contribution >= 4 is 23.3 Å². The van der Waals surface area contributed by atoms with Crippen molar-refractivity contribution in [3.05, 3.63) is 31.3 Å². The van der Waals surface area contributed by atoms with Crippen molar-refractivity contribution in [2.24, 2.45) is 11.3 Å². The van der Waals surface area contributed by atoms with E-state index in [0.717, 1.165) is 0 Å². The molecule has 2 N–H and O–H groups in total. The van der Waals surface area contributed by atoms with Gasteiger partial charge in [-0.2, -0.15) is 0 Å². The average Bonchev–Trinajstić information content (AvgIpc) is 2.30. The third-order valence-corrected chi connectivity index (χ3v) is 3.45. The molecular weight excluding hydrogens is 300 g/mol. The molecule has 0 radical (unpaired) electrons. The van der Waals surface area contributed by atoms with Gasteiger partial charge in [0, 0.05) is 13.0 Å². The Balaban J connectivity index is 2.81. The summed E-state index contributed by atoms with van der Waals surface area (Å²) >= 11 is 5.27. The third kappa shape index (κ3) is 3.52. The lowest BCUT2D eigenvalue weighted by molar-refractivity contribution is 0.400. The number of H-pyrrole nitrogens is 2. The lowest BCUT2D eigenvalue weighted by Crippen LogP contribution is -2.33. The summed E-state index contributed by atoms with van der Waals surface area (Å²) in [6.07, 6.45) is 0.676. The second kappa shape index (κ2) is 5.79. The van der Waals surface area contributed by atoms with Crippen LogP contribution in [0.3, 0.4) is 0 Å². The molecule has 2 aromatic heterocycles. The van der Waals surface area contributed by atoms with Crippen molar-refractivity contribution < 1.29 is 0 Å². The van der Waals surface area contributed by atoms with Gasteiger partial charge in [-0.15, -0.1) is 0 Å². The summed E-state index contributed by atoms with van der Waals surface area (Å²) in [5, 5.41) is 0.271. The van der Waals surface area contributed by atoms with Gasteiger partial charge in [0.2, 0.25) is 0 Å². The van der Waals surface area contributed by atoms with Gasteiger partial charge in [0.25, 0.3) is 5.56 Å². The van der Waals surface area contributed by atoms with Crippen LogP contribution < -0.4 is 11.2 Å². The standard InChI is InChI=1S/C15H22N4O2S/c1-8(2)7-19-11-10(12(20)18-14(19)21)13(22)17-9(16-11)6-15(3,4)5/h8H,6-7H2,1-5H3,(H,16,17,22)(H,18,20,21). The normalized spacial score (nSPS) is 12.3. The van der Waals surface area contributed by atoms with Crippen molar-refractivity contribution in [3.63, 3.8) is 0 Å². The molecule has 0 atom stereocenters. The summed E-state index contributed by atoms with van der Waals surface area (Å²) in [5.41, 5.74) is -0.439. The van der Waals surface area contributed by atoms with Gasteiger partial charge in [-0.3, -0.25) is 14.3 Å². The maximum absolute atomic E-state index is 12.1. The Bertz CT molecular complexity index is 868. The van der Waals surface area contributed by atoms with E-state index in [1.165, 1.54) is 4.57 Å². The first kappa shape index (κ1) is 16.6. The highest BCUT2D eigenvalue weighted by molar-refractivity contribution is 7.71. The summed E-state index contributed by atoms with van der Waals surface area (Å²) < 4.78 is 1.76. The van der Waals surface area contributed by atoms with Crippen LogP contribution in [0, 0.1) is 16.0 Å². The molecule has 7 heteroatoms. The van der Waals surface area contributed by atoms with E-state index in [1.807, 2.05) is 13.8 Å². The van der Waals surface area contributed by atoms with Gasteiger partial charge in [0.05, 0.1) is 0 Å². The zero-order valence-electron chi connectivity index (χ0n) is 13.6. The van der Waals surface area contributed by atoms with Crippen molar-refractivity contribution in [2.75, 3.05) is 0 Å². The molecule has 0 aromatic carbocycles. The number of hydrogen-bond donors (Lipinski definition) is 2. The molecule has 0 aliphatic carbocycles. The predicted octanol–water partition coefficient (Wildman–Crippen LogP) is 2.39. The molecule has 0 spiro atoms. The van der Waals surface area contributed by atoms with Crippen molar-refractivity contribution in [1.29, 1.82) is 0 Å². The van der Waals surface area contributed by atoms with Gasteiger partial charge in [-0.05, 0) is 11.3 Å². The molecule has 0 aliphatic heterocycles. The third-order valence-electron chi connectivity index (χ3n) is 3.16. The molecule has 0 saturated heterocycles. The van der Waals surface area contributed by atoms with E-state index in [0.29, 0.717) is 24.4 Å². The van der Waals surface area contributed by atoms with Crippen LogP contribution in [-0.2, 0) is 13.0 Å². The van der Waals surface area contributed by atoms with Crippen molar-refractivity contribution in [3.8, 4) is 0 Å². The maximum Gasteiger partial charge on any atom is 0.329 e. The van der Waals surface area contributed by atoms with Gasteiger partial charge in [0.1, 0.15) is 21.5 Å². The first-order valence-electron chi connectivity index (χ1n) is 7.34. The number of nitrogens with zero attached hydrogens (tertiary/aromatic N) is 2. The molecule has 0 saturated carbocycles. The Labute approximate surface area is 133 Å². The Morgan fingerprint density at radius 3 is 2.41 bits per heavy atom. The topological polar surface area (TPSA) is 83.5 Å². The highest BCUT2D eigenvalue weighted by atomic mass is 32.1.